The fourth-order valence-corrected chi connectivity index (χ4v) is 1.55. The average Bonchev–Trinajstić information content (AvgIpc) is 2.18. The predicted octanol–water partition coefficient (Wildman–Crippen LogP) is 2.72. The fourth-order valence-electron chi connectivity index (χ4n) is 1.55. The van der Waals surface area contributed by atoms with Crippen LogP contribution in [-0.4, -0.2) is 4.98 Å². The van der Waals surface area contributed by atoms with E-state index in [9.17, 15) is 0 Å². The van der Waals surface area contributed by atoms with E-state index in [1.807, 2.05) is 32.0 Å². The Hall–Kier alpha value is -1.88. The lowest BCUT2D eigenvalue weighted by Crippen LogP contribution is -1.88. The van der Waals surface area contributed by atoms with Crippen molar-refractivity contribution in [1.82, 2.24) is 4.98 Å². The number of fused-ring (bicyclic) bond motifs is 1. The Morgan fingerprint density at radius 1 is 1.29 bits per heavy atom. The third-order valence-electron chi connectivity index (χ3n) is 2.41. The van der Waals surface area contributed by atoms with Gasteiger partial charge in [-0.3, -0.25) is 4.98 Å². The third-order valence-corrected chi connectivity index (χ3v) is 2.41. The van der Waals surface area contributed by atoms with Gasteiger partial charge in [-0.2, -0.15) is 5.26 Å². The summed E-state index contributed by atoms with van der Waals surface area (Å²) in [4.78, 5) is 4.25. The van der Waals surface area contributed by atoms with Gasteiger partial charge in [0.1, 0.15) is 6.07 Å². The van der Waals surface area contributed by atoms with Crippen molar-refractivity contribution in [3.63, 3.8) is 0 Å². The monoisotopic (exact) mass is 182 g/mol. The van der Waals surface area contributed by atoms with Crippen molar-refractivity contribution in [2.45, 2.75) is 13.8 Å². The molecule has 0 bridgehead atoms. The van der Waals surface area contributed by atoms with Crippen LogP contribution in [0.1, 0.15) is 16.7 Å². The first-order chi connectivity index (χ1) is 6.72. The Labute approximate surface area is 82.8 Å². The van der Waals surface area contributed by atoms with Crippen molar-refractivity contribution in [1.29, 1.82) is 5.26 Å². The Balaban J connectivity index is 2.85. The van der Waals surface area contributed by atoms with E-state index >= 15 is 0 Å². The molecule has 1 aromatic carbocycles. The summed E-state index contributed by atoms with van der Waals surface area (Å²) in [6.45, 7) is 3.99. The lowest BCUT2D eigenvalue weighted by molar-refractivity contribution is 1.31. The van der Waals surface area contributed by atoms with Gasteiger partial charge in [-0.15, -0.1) is 0 Å². The Morgan fingerprint density at radius 2 is 2.07 bits per heavy atom. The van der Waals surface area contributed by atoms with E-state index in [4.69, 9.17) is 5.26 Å². The number of pyridine rings is 1. The molecule has 0 aliphatic rings. The van der Waals surface area contributed by atoms with Crippen LogP contribution in [-0.2, 0) is 0 Å². The van der Waals surface area contributed by atoms with E-state index in [2.05, 4.69) is 11.1 Å². The molecular weight excluding hydrogens is 172 g/mol. The second-order valence-corrected chi connectivity index (χ2v) is 3.43. The maximum Gasteiger partial charge on any atom is 0.101 e. The number of hydrogen-bond donors (Lipinski definition) is 0. The smallest absolute Gasteiger partial charge is 0.101 e. The first-order valence-corrected chi connectivity index (χ1v) is 4.48. The fraction of sp³-hybridized carbons (Fsp3) is 0.167. The largest absolute Gasteiger partial charge is 0.255 e. The quantitative estimate of drug-likeness (QED) is 0.628. The molecule has 0 fully saturated rings. The molecule has 0 aliphatic carbocycles. The van der Waals surface area contributed by atoms with Crippen LogP contribution >= 0.6 is 0 Å². The van der Waals surface area contributed by atoms with Crippen molar-refractivity contribution in [2.24, 2.45) is 0 Å². The van der Waals surface area contributed by atoms with Gasteiger partial charge < -0.3 is 0 Å². The summed E-state index contributed by atoms with van der Waals surface area (Å²) in [6.07, 6.45) is 1.64. The van der Waals surface area contributed by atoms with Gasteiger partial charge in [0.25, 0.3) is 0 Å². The first kappa shape index (κ1) is 8.71. The van der Waals surface area contributed by atoms with E-state index in [0.29, 0.717) is 5.56 Å². The first-order valence-electron chi connectivity index (χ1n) is 4.48. The highest BCUT2D eigenvalue weighted by molar-refractivity contribution is 5.84. The van der Waals surface area contributed by atoms with E-state index in [1.165, 1.54) is 5.56 Å². The molecule has 1 heterocycles. The SMILES string of the molecule is Cc1ccc2c(C)c(C#N)cnc2c1. The number of aryl methyl sites for hydroxylation is 2. The highest BCUT2D eigenvalue weighted by Crippen LogP contribution is 2.19. The van der Waals surface area contributed by atoms with Crippen LogP contribution in [0.2, 0.25) is 0 Å². The molecule has 0 atom stereocenters. The highest BCUT2D eigenvalue weighted by atomic mass is 14.7. The molecule has 0 unspecified atom stereocenters. The summed E-state index contributed by atoms with van der Waals surface area (Å²) in [7, 11) is 0. The molecule has 1 aromatic heterocycles. The lowest BCUT2D eigenvalue weighted by Gasteiger charge is -2.03. The molecule has 0 N–H and O–H groups in total. The molecular formula is C12H10N2. The number of hydrogen-bond acceptors (Lipinski definition) is 2. The number of nitriles is 1. The number of benzene rings is 1. The summed E-state index contributed by atoms with van der Waals surface area (Å²) in [5.41, 5.74) is 3.81. The average molecular weight is 182 g/mol. The molecule has 2 heteroatoms. The van der Waals surface area contributed by atoms with Gasteiger partial charge >= 0.3 is 0 Å². The zero-order chi connectivity index (χ0) is 10.1. The molecule has 0 amide bonds. The van der Waals surface area contributed by atoms with Gasteiger partial charge in [0.05, 0.1) is 11.1 Å². The minimum Gasteiger partial charge on any atom is -0.255 e. The van der Waals surface area contributed by atoms with Crippen LogP contribution in [0, 0.1) is 25.2 Å². The lowest BCUT2D eigenvalue weighted by atomic mass is 10.0. The number of nitrogens with zero attached hydrogens (tertiary/aromatic N) is 2. The van der Waals surface area contributed by atoms with Gasteiger partial charge in [-0.1, -0.05) is 12.1 Å². The summed E-state index contributed by atoms with van der Waals surface area (Å²) < 4.78 is 0. The molecule has 0 spiro atoms. The molecule has 2 aromatic rings. The minimum absolute atomic E-state index is 0.654. The zero-order valence-corrected chi connectivity index (χ0v) is 8.20. The van der Waals surface area contributed by atoms with Crippen LogP contribution in [0.3, 0.4) is 0 Å². The van der Waals surface area contributed by atoms with Crippen LogP contribution in [0.5, 0.6) is 0 Å². The standard InChI is InChI=1S/C12H10N2/c1-8-3-4-11-9(2)10(6-13)7-14-12(11)5-8/h3-5,7H,1-2H3. The minimum atomic E-state index is 0.654. The van der Waals surface area contributed by atoms with Crippen LogP contribution < -0.4 is 0 Å². The Bertz CT molecular complexity index is 536. The maximum absolute atomic E-state index is 8.84. The van der Waals surface area contributed by atoms with E-state index in [0.717, 1.165) is 16.5 Å². The molecule has 0 saturated heterocycles. The van der Waals surface area contributed by atoms with E-state index in [-0.39, 0.29) is 0 Å². The van der Waals surface area contributed by atoms with Gasteiger partial charge in [-0.05, 0) is 31.0 Å². The third kappa shape index (κ3) is 1.23. The summed E-state index contributed by atoms with van der Waals surface area (Å²) in [5, 5.41) is 9.91. The Kier molecular flexibility index (Phi) is 1.94. The van der Waals surface area contributed by atoms with Gasteiger partial charge in [0.2, 0.25) is 0 Å². The molecule has 68 valence electrons. The molecule has 2 nitrogen and oxygen atoms in total. The molecule has 0 saturated carbocycles. The second-order valence-electron chi connectivity index (χ2n) is 3.43. The van der Waals surface area contributed by atoms with Gasteiger partial charge in [-0.25, -0.2) is 0 Å². The Morgan fingerprint density at radius 3 is 2.79 bits per heavy atom. The zero-order valence-electron chi connectivity index (χ0n) is 8.20. The van der Waals surface area contributed by atoms with E-state index in [1.54, 1.807) is 6.20 Å². The second kappa shape index (κ2) is 3.12. The van der Waals surface area contributed by atoms with Crippen molar-refractivity contribution >= 4 is 10.9 Å². The van der Waals surface area contributed by atoms with Crippen LogP contribution in [0.15, 0.2) is 24.4 Å². The van der Waals surface area contributed by atoms with Crippen molar-refractivity contribution in [3.8, 4) is 6.07 Å². The van der Waals surface area contributed by atoms with Crippen molar-refractivity contribution in [2.75, 3.05) is 0 Å². The molecule has 14 heavy (non-hydrogen) atoms. The normalized spacial score (nSPS) is 10.1. The predicted molar refractivity (Wildman–Crippen MR) is 55.9 cm³/mol. The molecule has 0 aliphatic heterocycles. The topological polar surface area (TPSA) is 36.7 Å². The van der Waals surface area contributed by atoms with Gasteiger partial charge in [0.15, 0.2) is 0 Å². The number of aromatic nitrogens is 1. The summed E-state index contributed by atoms with van der Waals surface area (Å²) in [6, 6.07) is 8.23. The number of rotatable bonds is 0. The summed E-state index contributed by atoms with van der Waals surface area (Å²) in [5.74, 6) is 0. The van der Waals surface area contributed by atoms with Gasteiger partial charge in [0, 0.05) is 11.6 Å². The van der Waals surface area contributed by atoms with Crippen LogP contribution in [0.25, 0.3) is 10.9 Å². The molecule has 0 radical (unpaired) electrons. The highest BCUT2D eigenvalue weighted by Gasteiger charge is 2.03. The van der Waals surface area contributed by atoms with Crippen LogP contribution in [0.4, 0.5) is 0 Å². The summed E-state index contributed by atoms with van der Waals surface area (Å²) >= 11 is 0. The van der Waals surface area contributed by atoms with Crippen molar-refractivity contribution in [3.05, 3.63) is 41.1 Å². The maximum atomic E-state index is 8.84. The molecule has 2 rings (SSSR count). The van der Waals surface area contributed by atoms with Crippen molar-refractivity contribution < 1.29 is 0 Å². The van der Waals surface area contributed by atoms with E-state index < -0.39 is 0 Å².